The van der Waals surface area contributed by atoms with Crippen LogP contribution in [0.15, 0.2) is 0 Å². The van der Waals surface area contributed by atoms with Crippen LogP contribution in [-0.2, 0) is 13.1 Å². The van der Waals surface area contributed by atoms with Crippen molar-refractivity contribution in [3.8, 4) is 0 Å². The van der Waals surface area contributed by atoms with Crippen LogP contribution >= 0.6 is 0 Å². The number of aliphatic hydroxyl groups excluding tert-OH is 1. The Morgan fingerprint density at radius 1 is 1.40 bits per heavy atom. The molecular formula is C11H21N3O. The molecule has 0 spiro atoms. The van der Waals surface area contributed by atoms with Gasteiger partial charge in [-0.25, -0.2) is 0 Å². The van der Waals surface area contributed by atoms with Crippen LogP contribution in [0.5, 0.6) is 0 Å². The maximum atomic E-state index is 8.88. The van der Waals surface area contributed by atoms with E-state index in [0.29, 0.717) is 6.54 Å². The number of aliphatic hydroxyl groups is 1. The zero-order valence-electron chi connectivity index (χ0n) is 9.88. The highest BCUT2D eigenvalue weighted by molar-refractivity contribution is 5.24. The van der Waals surface area contributed by atoms with Crippen molar-refractivity contribution in [2.75, 3.05) is 13.2 Å². The van der Waals surface area contributed by atoms with Crippen LogP contribution in [0.1, 0.15) is 30.3 Å². The maximum absolute atomic E-state index is 8.88. The molecule has 0 bridgehead atoms. The number of nitrogens with one attached hydrogen (secondary N) is 1. The Hall–Kier alpha value is -0.870. The van der Waals surface area contributed by atoms with Gasteiger partial charge >= 0.3 is 0 Å². The highest BCUT2D eigenvalue weighted by Gasteiger charge is 2.09. The van der Waals surface area contributed by atoms with E-state index < -0.39 is 0 Å². The molecule has 0 saturated heterocycles. The topological polar surface area (TPSA) is 50.1 Å². The van der Waals surface area contributed by atoms with Gasteiger partial charge in [-0.1, -0.05) is 6.92 Å². The first-order valence-electron chi connectivity index (χ1n) is 5.55. The zero-order valence-corrected chi connectivity index (χ0v) is 9.88. The molecule has 4 nitrogen and oxygen atoms in total. The molecule has 1 aromatic heterocycles. The van der Waals surface area contributed by atoms with E-state index in [1.54, 1.807) is 0 Å². The van der Waals surface area contributed by atoms with Crippen molar-refractivity contribution in [2.24, 2.45) is 0 Å². The number of rotatable bonds is 6. The van der Waals surface area contributed by atoms with Crippen molar-refractivity contribution in [3.05, 3.63) is 17.0 Å². The van der Waals surface area contributed by atoms with E-state index in [0.717, 1.165) is 30.9 Å². The molecule has 0 atom stereocenters. The summed E-state index contributed by atoms with van der Waals surface area (Å²) in [5.74, 6) is 0. The molecule has 4 heteroatoms. The lowest BCUT2D eigenvalue weighted by atomic mass is 10.2. The van der Waals surface area contributed by atoms with Gasteiger partial charge in [-0.05, 0) is 26.8 Å². The molecule has 2 N–H and O–H groups in total. The quantitative estimate of drug-likeness (QED) is 0.690. The summed E-state index contributed by atoms with van der Waals surface area (Å²) in [6.45, 7) is 8.86. The molecule has 0 radical (unpaired) electrons. The fourth-order valence-electron chi connectivity index (χ4n) is 1.69. The van der Waals surface area contributed by atoms with Crippen LogP contribution in [0, 0.1) is 13.8 Å². The molecule has 86 valence electrons. The highest BCUT2D eigenvalue weighted by atomic mass is 16.3. The molecule has 1 aromatic rings. The van der Waals surface area contributed by atoms with Gasteiger partial charge in [0.15, 0.2) is 0 Å². The first-order valence-corrected chi connectivity index (χ1v) is 5.55. The molecule has 15 heavy (non-hydrogen) atoms. The molecule has 0 fully saturated rings. The summed E-state index contributed by atoms with van der Waals surface area (Å²) in [4.78, 5) is 0. The van der Waals surface area contributed by atoms with Gasteiger partial charge in [-0.2, -0.15) is 5.10 Å². The predicted molar refractivity (Wildman–Crippen MR) is 60.8 cm³/mol. The number of hydrogen-bond acceptors (Lipinski definition) is 3. The minimum Gasteiger partial charge on any atom is -0.394 e. The second-order valence-electron chi connectivity index (χ2n) is 3.77. The van der Waals surface area contributed by atoms with Gasteiger partial charge in [0.2, 0.25) is 0 Å². The maximum Gasteiger partial charge on any atom is 0.0644 e. The molecule has 0 amide bonds. The summed E-state index contributed by atoms with van der Waals surface area (Å²) in [5, 5.41) is 16.6. The van der Waals surface area contributed by atoms with Crippen molar-refractivity contribution in [1.29, 1.82) is 0 Å². The van der Waals surface area contributed by atoms with Gasteiger partial charge in [0.25, 0.3) is 0 Å². The molecule has 0 aliphatic rings. The molecule has 0 unspecified atom stereocenters. The smallest absolute Gasteiger partial charge is 0.0644 e. The van der Waals surface area contributed by atoms with E-state index in [-0.39, 0.29) is 6.61 Å². The Morgan fingerprint density at radius 3 is 2.73 bits per heavy atom. The van der Waals surface area contributed by atoms with Crippen molar-refractivity contribution in [3.63, 3.8) is 0 Å². The third kappa shape index (κ3) is 3.04. The second kappa shape index (κ2) is 5.88. The lowest BCUT2D eigenvalue weighted by Gasteiger charge is -2.04. The van der Waals surface area contributed by atoms with E-state index in [9.17, 15) is 0 Å². The minimum atomic E-state index is 0.143. The average Bonchev–Trinajstić information content (AvgIpc) is 2.46. The first-order chi connectivity index (χ1) is 7.20. The van der Waals surface area contributed by atoms with E-state index in [1.165, 1.54) is 5.56 Å². The summed E-state index contributed by atoms with van der Waals surface area (Å²) >= 11 is 0. The third-order valence-electron chi connectivity index (χ3n) is 2.57. The summed E-state index contributed by atoms with van der Waals surface area (Å²) < 4.78 is 1.87. The minimum absolute atomic E-state index is 0.143. The number of hydrogen-bond donors (Lipinski definition) is 2. The monoisotopic (exact) mass is 211 g/mol. The van der Waals surface area contributed by atoms with Crippen LogP contribution in [0.4, 0.5) is 0 Å². The van der Waals surface area contributed by atoms with Crippen molar-refractivity contribution in [1.82, 2.24) is 15.1 Å². The van der Waals surface area contributed by atoms with E-state index in [1.807, 2.05) is 11.6 Å². The predicted octanol–water partition coefficient (Wildman–Crippen LogP) is 0.992. The molecule has 0 saturated carbocycles. The highest BCUT2D eigenvalue weighted by Crippen LogP contribution is 2.12. The lowest BCUT2D eigenvalue weighted by molar-refractivity contribution is 0.267. The van der Waals surface area contributed by atoms with E-state index >= 15 is 0 Å². The lowest BCUT2D eigenvalue weighted by Crippen LogP contribution is -2.15. The Bertz CT molecular complexity index is 307. The third-order valence-corrected chi connectivity index (χ3v) is 2.57. The van der Waals surface area contributed by atoms with E-state index in [4.69, 9.17) is 5.11 Å². The van der Waals surface area contributed by atoms with Gasteiger partial charge in [0.05, 0.1) is 18.8 Å². The summed E-state index contributed by atoms with van der Waals surface area (Å²) in [5.41, 5.74) is 3.48. The molecular weight excluding hydrogens is 190 g/mol. The molecule has 1 heterocycles. The van der Waals surface area contributed by atoms with Crippen LogP contribution in [0.25, 0.3) is 0 Å². The van der Waals surface area contributed by atoms with E-state index in [2.05, 4.69) is 24.3 Å². The van der Waals surface area contributed by atoms with Crippen LogP contribution in [0.2, 0.25) is 0 Å². The Morgan fingerprint density at radius 2 is 2.13 bits per heavy atom. The molecule has 0 aromatic carbocycles. The standard InChI is InChI=1S/C11H21N3O/c1-4-5-12-8-11-9(2)13-14(6-7-15)10(11)3/h12,15H,4-8H2,1-3H3. The second-order valence-corrected chi connectivity index (χ2v) is 3.77. The average molecular weight is 211 g/mol. The molecule has 0 aliphatic carbocycles. The Balaban J connectivity index is 2.69. The van der Waals surface area contributed by atoms with Crippen LogP contribution in [0.3, 0.4) is 0 Å². The fraction of sp³-hybridized carbons (Fsp3) is 0.727. The van der Waals surface area contributed by atoms with Gasteiger partial charge in [-0.15, -0.1) is 0 Å². The number of aryl methyl sites for hydroxylation is 1. The number of aromatic nitrogens is 2. The summed E-state index contributed by atoms with van der Waals surface area (Å²) in [6.07, 6.45) is 1.14. The first kappa shape index (κ1) is 12.2. The number of nitrogens with zero attached hydrogens (tertiary/aromatic N) is 2. The largest absolute Gasteiger partial charge is 0.394 e. The van der Waals surface area contributed by atoms with Gasteiger partial charge in [0, 0.05) is 17.8 Å². The molecule has 1 rings (SSSR count). The van der Waals surface area contributed by atoms with Gasteiger partial charge in [-0.3, -0.25) is 4.68 Å². The Kier molecular flexibility index (Phi) is 4.78. The van der Waals surface area contributed by atoms with Crippen molar-refractivity contribution < 1.29 is 5.11 Å². The van der Waals surface area contributed by atoms with Crippen LogP contribution in [-0.4, -0.2) is 28.0 Å². The van der Waals surface area contributed by atoms with Crippen molar-refractivity contribution in [2.45, 2.75) is 40.3 Å². The SMILES string of the molecule is CCCNCc1c(C)nn(CCO)c1C. The summed E-state index contributed by atoms with van der Waals surface area (Å²) in [7, 11) is 0. The zero-order chi connectivity index (χ0) is 11.3. The van der Waals surface area contributed by atoms with Gasteiger partial charge < -0.3 is 10.4 Å². The van der Waals surface area contributed by atoms with Crippen molar-refractivity contribution >= 4 is 0 Å². The van der Waals surface area contributed by atoms with Gasteiger partial charge in [0.1, 0.15) is 0 Å². The normalized spacial score (nSPS) is 10.9. The Labute approximate surface area is 91.3 Å². The van der Waals surface area contributed by atoms with Crippen LogP contribution < -0.4 is 5.32 Å². The summed E-state index contributed by atoms with van der Waals surface area (Å²) in [6, 6.07) is 0. The fourth-order valence-corrected chi connectivity index (χ4v) is 1.69. The molecule has 0 aliphatic heterocycles.